The second-order valence-electron chi connectivity index (χ2n) is 10.4. The Morgan fingerprint density at radius 1 is 0.851 bits per heavy atom. The van der Waals surface area contributed by atoms with Gasteiger partial charge >= 0.3 is 6.18 Å². The van der Waals surface area contributed by atoms with Gasteiger partial charge in [0.1, 0.15) is 17.4 Å². The number of phenolic OH excluding ortho intramolecular Hbond substituents is 1. The van der Waals surface area contributed by atoms with E-state index in [0.717, 1.165) is 30.1 Å². The van der Waals surface area contributed by atoms with Crippen LogP contribution in [0.25, 0.3) is 0 Å². The van der Waals surface area contributed by atoms with Crippen LogP contribution < -0.4 is 16.0 Å². The molecule has 0 saturated heterocycles. The molecule has 0 aliphatic carbocycles. The standard InChI is InChI=1S/C34H41F3N6O4/c1-4-24(2)31(41-26-10-6-5-7-11-26)43-33(42-27-14-16-28(44)17-15-27)40-25(3)38-18-20-46-22-23-47-21-19-39-32(45)29-12-8-9-13-30(29)34(35,36)37/h5-17,24,44H,4,18-23H2,1-3H3,(H,39,45)(H2,38,40,41,42,43). The summed E-state index contributed by atoms with van der Waals surface area (Å²) in [4.78, 5) is 26.1. The third-order valence-corrected chi connectivity index (χ3v) is 6.70. The van der Waals surface area contributed by atoms with Crippen molar-refractivity contribution in [1.29, 1.82) is 0 Å². The molecule has 3 aromatic rings. The first-order chi connectivity index (χ1) is 22.6. The molecule has 0 aliphatic heterocycles. The summed E-state index contributed by atoms with van der Waals surface area (Å²) >= 11 is 0. The molecule has 0 aliphatic rings. The average molecular weight is 655 g/mol. The number of amidine groups is 2. The molecule has 1 amide bonds. The Kier molecular flexibility index (Phi) is 14.9. The molecule has 0 aromatic heterocycles. The van der Waals surface area contributed by atoms with Gasteiger partial charge in [-0.3, -0.25) is 9.79 Å². The molecule has 10 nitrogen and oxygen atoms in total. The van der Waals surface area contributed by atoms with E-state index in [4.69, 9.17) is 14.5 Å². The highest BCUT2D eigenvalue weighted by molar-refractivity contribution is 6.11. The molecule has 4 N–H and O–H groups in total. The Morgan fingerprint density at radius 3 is 2.17 bits per heavy atom. The van der Waals surface area contributed by atoms with Crippen molar-refractivity contribution < 1.29 is 32.5 Å². The van der Waals surface area contributed by atoms with Crippen molar-refractivity contribution in [2.24, 2.45) is 20.9 Å². The fraction of sp³-hybridized carbons (Fsp3) is 0.353. The number of guanidine groups is 1. The molecule has 1 unspecified atom stereocenters. The number of phenols is 1. The molecular formula is C34H41F3N6O4. The lowest BCUT2D eigenvalue weighted by atomic mass is 10.1. The van der Waals surface area contributed by atoms with E-state index in [-0.39, 0.29) is 38.0 Å². The summed E-state index contributed by atoms with van der Waals surface area (Å²) in [6, 6.07) is 20.9. The Bertz CT molecular complexity index is 1500. The van der Waals surface area contributed by atoms with Crippen LogP contribution in [0.5, 0.6) is 5.75 Å². The van der Waals surface area contributed by atoms with Crippen LogP contribution in [0.3, 0.4) is 0 Å². The largest absolute Gasteiger partial charge is 0.508 e. The number of rotatable bonds is 14. The number of ether oxygens (including phenoxy) is 2. The minimum Gasteiger partial charge on any atom is -0.508 e. The Balaban J connectivity index is 1.49. The summed E-state index contributed by atoms with van der Waals surface area (Å²) in [5, 5.41) is 18.7. The Morgan fingerprint density at radius 2 is 1.49 bits per heavy atom. The van der Waals surface area contributed by atoms with Crippen LogP contribution in [-0.4, -0.2) is 68.2 Å². The first kappa shape index (κ1) is 36.7. The van der Waals surface area contributed by atoms with Crippen LogP contribution in [0.1, 0.15) is 43.1 Å². The average Bonchev–Trinajstić information content (AvgIpc) is 3.05. The molecular weight excluding hydrogens is 613 g/mol. The molecule has 0 spiro atoms. The van der Waals surface area contributed by atoms with Gasteiger partial charge in [0.2, 0.25) is 5.96 Å². The van der Waals surface area contributed by atoms with Gasteiger partial charge in [-0.2, -0.15) is 23.2 Å². The number of anilines is 2. The highest BCUT2D eigenvalue weighted by atomic mass is 19.4. The highest BCUT2D eigenvalue weighted by Gasteiger charge is 2.34. The Hall–Kier alpha value is -4.75. The van der Waals surface area contributed by atoms with E-state index >= 15 is 0 Å². The van der Waals surface area contributed by atoms with Crippen molar-refractivity contribution in [2.45, 2.75) is 33.4 Å². The maximum atomic E-state index is 13.1. The van der Waals surface area contributed by atoms with Crippen LogP contribution in [0.15, 0.2) is 93.8 Å². The maximum absolute atomic E-state index is 13.1. The molecule has 3 aromatic carbocycles. The number of hydrogen-bond acceptors (Lipinski definition) is 5. The van der Waals surface area contributed by atoms with E-state index < -0.39 is 23.2 Å². The normalized spacial score (nSPS) is 13.3. The number of aliphatic imine (C=N–C) groups is 3. The van der Waals surface area contributed by atoms with Crippen LogP contribution in [0, 0.1) is 5.92 Å². The van der Waals surface area contributed by atoms with Gasteiger partial charge in [0, 0.05) is 23.8 Å². The van der Waals surface area contributed by atoms with Crippen molar-refractivity contribution in [3.63, 3.8) is 0 Å². The van der Waals surface area contributed by atoms with Gasteiger partial charge < -0.3 is 30.5 Å². The van der Waals surface area contributed by atoms with Crippen LogP contribution in [-0.2, 0) is 15.7 Å². The monoisotopic (exact) mass is 654 g/mol. The van der Waals surface area contributed by atoms with E-state index in [1.807, 2.05) is 30.3 Å². The van der Waals surface area contributed by atoms with Crippen molar-refractivity contribution in [3.8, 4) is 5.75 Å². The van der Waals surface area contributed by atoms with Crippen LogP contribution >= 0.6 is 0 Å². The summed E-state index contributed by atoms with van der Waals surface area (Å²) in [5.41, 5.74) is 0.177. The van der Waals surface area contributed by atoms with Gasteiger partial charge in [0.15, 0.2) is 0 Å². The number of amides is 1. The Labute approximate surface area is 272 Å². The number of aromatic hydroxyl groups is 1. The molecule has 47 heavy (non-hydrogen) atoms. The van der Waals surface area contributed by atoms with Crippen molar-refractivity contribution in [1.82, 2.24) is 5.32 Å². The van der Waals surface area contributed by atoms with E-state index in [0.29, 0.717) is 30.6 Å². The van der Waals surface area contributed by atoms with Gasteiger partial charge in [-0.25, -0.2) is 0 Å². The molecule has 0 radical (unpaired) electrons. The SMILES string of the molecule is CCC(C)C(=NC(=NC(C)=NCCOCCOCCNC(=O)c1ccccc1C(F)(F)F)Nc1ccc(O)cc1)Nc1ccccc1. The van der Waals surface area contributed by atoms with Crippen LogP contribution in [0.2, 0.25) is 0 Å². The third-order valence-electron chi connectivity index (χ3n) is 6.70. The zero-order valence-electron chi connectivity index (χ0n) is 26.7. The predicted molar refractivity (Wildman–Crippen MR) is 180 cm³/mol. The maximum Gasteiger partial charge on any atom is 0.417 e. The molecule has 1 atom stereocenters. The van der Waals surface area contributed by atoms with Crippen LogP contribution in [0.4, 0.5) is 24.5 Å². The lowest BCUT2D eigenvalue weighted by Crippen LogP contribution is -2.29. The molecule has 3 rings (SSSR count). The quantitative estimate of drug-likeness (QED) is 0.0670. The van der Waals surface area contributed by atoms with Gasteiger partial charge in [-0.15, -0.1) is 0 Å². The van der Waals surface area contributed by atoms with Crippen molar-refractivity contribution in [2.75, 3.05) is 50.2 Å². The minimum atomic E-state index is -4.62. The minimum absolute atomic E-state index is 0.0507. The summed E-state index contributed by atoms with van der Waals surface area (Å²) in [6.07, 6.45) is -3.76. The van der Waals surface area contributed by atoms with E-state index in [9.17, 15) is 23.1 Å². The second kappa shape index (κ2) is 19.0. The summed E-state index contributed by atoms with van der Waals surface area (Å²) in [5.74, 6) is 0.955. The lowest BCUT2D eigenvalue weighted by molar-refractivity contribution is -0.137. The number of benzene rings is 3. The lowest BCUT2D eigenvalue weighted by Gasteiger charge is -2.16. The number of carbonyl (C=O) groups is 1. The molecule has 0 saturated carbocycles. The van der Waals surface area contributed by atoms with Crippen molar-refractivity contribution >= 4 is 34.9 Å². The first-order valence-corrected chi connectivity index (χ1v) is 15.2. The first-order valence-electron chi connectivity index (χ1n) is 15.2. The summed E-state index contributed by atoms with van der Waals surface area (Å²) in [6.45, 7) is 7.21. The van der Waals surface area contributed by atoms with Crippen molar-refractivity contribution in [3.05, 3.63) is 90.0 Å². The zero-order valence-corrected chi connectivity index (χ0v) is 26.7. The summed E-state index contributed by atoms with van der Waals surface area (Å²) in [7, 11) is 0. The highest BCUT2D eigenvalue weighted by Crippen LogP contribution is 2.31. The summed E-state index contributed by atoms with van der Waals surface area (Å²) < 4.78 is 50.3. The number of carbonyl (C=O) groups excluding carboxylic acids is 1. The van der Waals surface area contributed by atoms with Gasteiger partial charge in [-0.1, -0.05) is 44.2 Å². The smallest absolute Gasteiger partial charge is 0.417 e. The topological polar surface area (TPSA) is 129 Å². The fourth-order valence-electron chi connectivity index (χ4n) is 4.04. The third kappa shape index (κ3) is 13.3. The van der Waals surface area contributed by atoms with E-state index in [1.165, 1.54) is 12.1 Å². The second-order valence-corrected chi connectivity index (χ2v) is 10.4. The predicted octanol–water partition coefficient (Wildman–Crippen LogP) is 6.62. The van der Waals surface area contributed by atoms with Gasteiger partial charge in [-0.05, 0) is 61.9 Å². The molecule has 0 heterocycles. The number of nitrogens with zero attached hydrogens (tertiary/aromatic N) is 3. The van der Waals surface area contributed by atoms with Gasteiger partial charge in [0.05, 0.1) is 44.1 Å². The molecule has 0 fully saturated rings. The number of hydrogen-bond donors (Lipinski definition) is 4. The molecule has 252 valence electrons. The van der Waals surface area contributed by atoms with Gasteiger partial charge in [0.25, 0.3) is 5.91 Å². The number of alkyl halides is 3. The fourth-order valence-corrected chi connectivity index (χ4v) is 4.04. The number of nitrogens with one attached hydrogen (secondary N) is 3. The van der Waals surface area contributed by atoms with E-state index in [2.05, 4.69) is 39.8 Å². The molecule has 13 heteroatoms. The number of para-hydroxylation sites is 1. The van der Waals surface area contributed by atoms with E-state index in [1.54, 1.807) is 31.2 Å². The zero-order chi connectivity index (χ0) is 34.1. The molecule has 0 bridgehead atoms. The number of halogens is 3.